The van der Waals surface area contributed by atoms with E-state index in [0.29, 0.717) is 46.7 Å². The van der Waals surface area contributed by atoms with E-state index in [0.717, 1.165) is 12.8 Å². The van der Waals surface area contributed by atoms with E-state index in [2.05, 4.69) is 17.6 Å². The average molecular weight is 867 g/mol. The number of likely N-dealkylation sites (N-methyl/N-ethyl adjacent to an activating group) is 2. The van der Waals surface area contributed by atoms with Gasteiger partial charge in [0.1, 0.15) is 30.4 Å². The largest absolute Gasteiger partial charge is 0.487 e. The van der Waals surface area contributed by atoms with Crippen molar-refractivity contribution in [3.63, 3.8) is 0 Å². The van der Waals surface area contributed by atoms with Gasteiger partial charge in [0, 0.05) is 56.9 Å². The molecule has 17 heteroatoms. The molecule has 14 nitrogen and oxygen atoms in total. The molecular formula is C44H57F2N6O8P. The van der Waals surface area contributed by atoms with Crippen molar-refractivity contribution in [3.8, 4) is 29.9 Å². The van der Waals surface area contributed by atoms with Gasteiger partial charge in [0.2, 0.25) is 5.91 Å². The third kappa shape index (κ3) is 10.3. The number of fused-ring (bicyclic) bond motifs is 2. The van der Waals surface area contributed by atoms with Crippen LogP contribution in [0.2, 0.25) is 0 Å². The van der Waals surface area contributed by atoms with Crippen molar-refractivity contribution in [2.24, 2.45) is 0 Å². The van der Waals surface area contributed by atoms with Gasteiger partial charge in [-0.25, -0.2) is 13.3 Å². The van der Waals surface area contributed by atoms with E-state index in [9.17, 15) is 18.5 Å². The van der Waals surface area contributed by atoms with Crippen LogP contribution in [0.15, 0.2) is 36.9 Å². The van der Waals surface area contributed by atoms with Crippen LogP contribution < -0.4 is 24.0 Å². The highest BCUT2D eigenvalue weighted by atomic mass is 31.2. The Kier molecular flexibility index (Phi) is 14.0. The number of nitrogens with one attached hydrogen (secondary N) is 1. The van der Waals surface area contributed by atoms with Crippen molar-refractivity contribution in [2.75, 3.05) is 51.8 Å². The Labute approximate surface area is 356 Å². The molecule has 2 fully saturated rings. The molecule has 6 rings (SSSR count). The van der Waals surface area contributed by atoms with Crippen molar-refractivity contribution in [3.05, 3.63) is 59.6 Å². The van der Waals surface area contributed by atoms with Gasteiger partial charge < -0.3 is 28.5 Å². The minimum atomic E-state index is -4.25. The maximum Gasteiger partial charge on any atom is 0.459 e. The van der Waals surface area contributed by atoms with Gasteiger partial charge in [-0.05, 0) is 96.7 Å². The maximum absolute atomic E-state index is 15.5. The topological polar surface area (TPSA) is 145 Å². The smallest absolute Gasteiger partial charge is 0.459 e. The Balaban J connectivity index is 1.40. The number of carbonyl (C=O) groups excluding carboxylic acids is 2. The lowest BCUT2D eigenvalue weighted by Crippen LogP contribution is -2.43. The number of amides is 1. The molecule has 0 radical (unpaired) electrons. The number of alkyl halides is 1. The summed E-state index contributed by atoms with van der Waals surface area (Å²) in [6, 6.07) is 4.91. The first kappa shape index (κ1) is 45.7. The standard InChI is InChI=1S/C44H57F2N6O8P/c1-11-34-36(46)16-15-29-18-33(60-61(55,59-27(5)6)49-28(7)42(54)58-26(3)4)20-35(39(29)34)30-19-37-40(56-24-30)41(50(9)23-32-14-13-17-52(32)38(53)12-2)48-43(47-37)57-25-44(8)21-31(45)22-51(44)10/h1,12,15-16,18,20,26-28,30-32H,2,13-14,17,19,21-25H2,3-10H3,(H,49,55)/t28-,30-,31+,32-,44-,61?/m0/s1. The van der Waals surface area contributed by atoms with Gasteiger partial charge in [0.05, 0.1) is 35.6 Å². The van der Waals surface area contributed by atoms with Crippen LogP contribution in [-0.4, -0.2) is 115 Å². The molecule has 0 saturated carbocycles. The van der Waals surface area contributed by atoms with Crippen LogP contribution in [0.3, 0.4) is 0 Å². The summed E-state index contributed by atoms with van der Waals surface area (Å²) in [5.74, 6) is 1.58. The third-order valence-corrected chi connectivity index (χ3v) is 13.2. The van der Waals surface area contributed by atoms with E-state index in [1.54, 1.807) is 50.8 Å². The molecule has 3 aromatic rings. The zero-order chi connectivity index (χ0) is 44.4. The van der Waals surface area contributed by atoms with Gasteiger partial charge >= 0.3 is 19.7 Å². The van der Waals surface area contributed by atoms with Crippen molar-refractivity contribution in [1.29, 1.82) is 0 Å². The Morgan fingerprint density at radius 1 is 1.21 bits per heavy atom. The molecule has 1 N–H and O–H groups in total. The maximum atomic E-state index is 15.5. The third-order valence-electron chi connectivity index (χ3n) is 11.3. The molecule has 0 bridgehead atoms. The number of likely N-dealkylation sites (tertiary alicyclic amines) is 2. The van der Waals surface area contributed by atoms with Crippen LogP contribution in [0.1, 0.15) is 83.5 Å². The molecular weight excluding hydrogens is 809 g/mol. The molecule has 3 aliphatic heterocycles. The van der Waals surface area contributed by atoms with Crippen LogP contribution in [0, 0.1) is 18.2 Å². The Morgan fingerprint density at radius 2 is 1.97 bits per heavy atom. The molecule has 61 heavy (non-hydrogen) atoms. The number of aromatic nitrogens is 2. The number of hydrogen-bond donors (Lipinski definition) is 1. The number of rotatable bonds is 16. The average Bonchev–Trinajstić information content (AvgIpc) is 3.76. The second-order valence-electron chi connectivity index (χ2n) is 17.0. The van der Waals surface area contributed by atoms with Crippen LogP contribution in [0.4, 0.5) is 14.6 Å². The van der Waals surface area contributed by atoms with E-state index in [-0.39, 0.29) is 61.9 Å². The van der Waals surface area contributed by atoms with E-state index in [4.69, 9.17) is 39.6 Å². The minimum Gasteiger partial charge on any atom is -0.487 e. The van der Waals surface area contributed by atoms with E-state index in [1.165, 1.54) is 19.1 Å². The first-order chi connectivity index (χ1) is 28.8. The highest BCUT2D eigenvalue weighted by Crippen LogP contribution is 2.49. The van der Waals surface area contributed by atoms with E-state index >= 15 is 4.39 Å². The molecule has 330 valence electrons. The predicted octanol–water partition coefficient (Wildman–Crippen LogP) is 6.73. The number of anilines is 1. The summed E-state index contributed by atoms with van der Waals surface area (Å²) in [6.45, 7) is 15.4. The van der Waals surface area contributed by atoms with Gasteiger partial charge in [-0.3, -0.25) is 19.0 Å². The molecule has 1 amide bonds. The number of ether oxygens (including phenoxy) is 3. The SMILES string of the molecule is C#Cc1c(F)ccc2cc(OP(=O)(N[C@@H](C)C(=O)OC(C)C)OC(C)C)cc([C@@H]3COc4c(nc(OC[C@]5(C)C[C@@H](F)CN5C)nc4N(C)C[C@@H]4CCCN4C(=O)C=C)C3)c12. The van der Waals surface area contributed by atoms with Crippen molar-refractivity contribution < 1.29 is 46.2 Å². The summed E-state index contributed by atoms with van der Waals surface area (Å²) in [5.41, 5.74) is 0.447. The van der Waals surface area contributed by atoms with Crippen molar-refractivity contribution >= 4 is 36.2 Å². The monoisotopic (exact) mass is 866 g/mol. The van der Waals surface area contributed by atoms with Gasteiger partial charge in [-0.1, -0.05) is 18.6 Å². The lowest BCUT2D eigenvalue weighted by molar-refractivity contribution is -0.149. The highest BCUT2D eigenvalue weighted by molar-refractivity contribution is 7.52. The van der Waals surface area contributed by atoms with Crippen molar-refractivity contribution in [2.45, 2.75) is 109 Å². The molecule has 2 aromatic carbocycles. The zero-order valence-corrected chi connectivity index (χ0v) is 37.1. The van der Waals surface area contributed by atoms with Crippen LogP contribution in [0.25, 0.3) is 10.8 Å². The number of carbonyl (C=O) groups is 2. The quantitative estimate of drug-likeness (QED) is 0.0704. The Hall–Kier alpha value is -4.81. The number of terminal acetylenes is 1. The van der Waals surface area contributed by atoms with Gasteiger partial charge in [0.25, 0.3) is 0 Å². The molecule has 3 aliphatic rings. The first-order valence-corrected chi connectivity index (χ1v) is 22.2. The number of nitrogens with zero attached hydrogens (tertiary/aromatic N) is 5. The van der Waals surface area contributed by atoms with Gasteiger partial charge in [-0.15, -0.1) is 6.42 Å². The molecule has 1 unspecified atom stereocenters. The summed E-state index contributed by atoms with van der Waals surface area (Å²) >= 11 is 0. The van der Waals surface area contributed by atoms with Crippen LogP contribution in [0.5, 0.6) is 17.5 Å². The summed E-state index contributed by atoms with van der Waals surface area (Å²) in [4.78, 5) is 40.8. The van der Waals surface area contributed by atoms with E-state index in [1.807, 2.05) is 30.8 Å². The second kappa shape index (κ2) is 18.7. The molecule has 0 aliphatic carbocycles. The summed E-state index contributed by atoms with van der Waals surface area (Å²) in [6.07, 6.45) is 7.45. The molecule has 0 spiro atoms. The minimum absolute atomic E-state index is 0.0250. The fourth-order valence-electron chi connectivity index (χ4n) is 8.27. The fourth-order valence-corrected chi connectivity index (χ4v) is 9.94. The number of halogens is 2. The Morgan fingerprint density at radius 3 is 2.62 bits per heavy atom. The normalized spacial score (nSPS) is 22.9. The molecule has 6 atom stereocenters. The molecule has 1 aromatic heterocycles. The first-order valence-electron chi connectivity index (χ1n) is 20.7. The number of benzene rings is 2. The van der Waals surface area contributed by atoms with Gasteiger partial charge in [0.15, 0.2) is 11.6 Å². The fraction of sp³-hybridized carbons (Fsp3) is 0.545. The summed E-state index contributed by atoms with van der Waals surface area (Å²) in [7, 11) is -0.530. The van der Waals surface area contributed by atoms with E-state index < -0.39 is 55.4 Å². The zero-order valence-electron chi connectivity index (χ0n) is 36.2. The van der Waals surface area contributed by atoms with Crippen LogP contribution in [-0.2, 0) is 29.8 Å². The van der Waals surface area contributed by atoms with Crippen LogP contribution >= 0.6 is 7.75 Å². The lowest BCUT2D eigenvalue weighted by atomic mass is 9.87. The van der Waals surface area contributed by atoms with Gasteiger partial charge in [-0.2, -0.15) is 15.1 Å². The summed E-state index contributed by atoms with van der Waals surface area (Å²) < 4.78 is 74.4. The lowest BCUT2D eigenvalue weighted by Gasteiger charge is -2.33. The number of hydrogen-bond acceptors (Lipinski definition) is 12. The predicted molar refractivity (Wildman–Crippen MR) is 228 cm³/mol. The van der Waals surface area contributed by atoms with Crippen molar-refractivity contribution in [1.82, 2.24) is 24.9 Å². The highest BCUT2D eigenvalue weighted by Gasteiger charge is 2.42. The molecule has 2 saturated heterocycles. The Bertz CT molecular complexity index is 2240. The molecule has 4 heterocycles. The number of esters is 1. The summed E-state index contributed by atoms with van der Waals surface area (Å²) in [5, 5.41) is 3.64. The second-order valence-corrected chi connectivity index (χ2v) is 18.6.